The molecule has 3 N–H and O–H groups in total. The third kappa shape index (κ3) is 2.58. The van der Waals surface area contributed by atoms with E-state index in [9.17, 15) is 4.79 Å². The molecule has 1 aliphatic carbocycles. The number of hydrogen-bond acceptors (Lipinski definition) is 5. The molecule has 1 amide bonds. The number of imidazole rings is 1. The molecule has 0 saturated heterocycles. The van der Waals surface area contributed by atoms with Gasteiger partial charge in [0.25, 0.3) is 0 Å². The quantitative estimate of drug-likeness (QED) is 0.445. The minimum absolute atomic E-state index is 0.0195. The van der Waals surface area contributed by atoms with E-state index in [2.05, 4.69) is 30.8 Å². The number of aromatic amines is 1. The van der Waals surface area contributed by atoms with Crippen molar-refractivity contribution in [1.29, 1.82) is 0 Å². The molecule has 10 heteroatoms. The third-order valence-electron chi connectivity index (χ3n) is 5.05. The zero-order chi connectivity index (χ0) is 19.3. The van der Waals surface area contributed by atoms with Crippen LogP contribution in [0.5, 0.6) is 0 Å². The molecule has 3 heterocycles. The van der Waals surface area contributed by atoms with Crippen LogP contribution in [0.3, 0.4) is 0 Å². The number of halogens is 2. The number of nitrogens with zero attached hydrogens (tertiary/aromatic N) is 4. The molecule has 1 aliphatic rings. The van der Waals surface area contributed by atoms with Crippen LogP contribution in [-0.4, -0.2) is 37.0 Å². The number of amides is 1. The number of fused-ring (bicyclic) bond motifs is 2. The Labute approximate surface area is 163 Å². The number of rotatable bonds is 5. The fourth-order valence-corrected chi connectivity index (χ4v) is 3.71. The number of H-pyrrole nitrogens is 1. The van der Waals surface area contributed by atoms with Crippen LogP contribution in [-0.2, 0) is 4.79 Å². The van der Waals surface area contributed by atoms with E-state index in [1.54, 1.807) is 23.0 Å². The highest BCUT2D eigenvalue weighted by molar-refractivity contribution is 6.35. The molecule has 1 fully saturated rings. The van der Waals surface area contributed by atoms with Gasteiger partial charge < -0.3 is 15.0 Å². The molecule has 5 rings (SSSR count). The zero-order valence-corrected chi connectivity index (χ0v) is 15.3. The maximum Gasteiger partial charge on any atom is 0.212 e. The summed E-state index contributed by atoms with van der Waals surface area (Å²) in [5, 5.41) is 13.3. The molecule has 0 radical (unpaired) electrons. The number of benzene rings is 1. The predicted molar refractivity (Wildman–Crippen MR) is 104 cm³/mol. The lowest BCUT2D eigenvalue weighted by molar-refractivity contribution is -0.105. The second-order valence-electron chi connectivity index (χ2n) is 6.74. The Balaban J connectivity index is 1.67. The standard InChI is InChI=1S/C18H15ClFN7O/c19-15-14(11-6-27-7-12(22-8-28)25-13(27)5-21-11)10-4-23-26-17(10)18(16(15)20)24-9-2-1-3-9/h4-9,24H,1-3H2,(H,22,28)(H,23,26). The monoisotopic (exact) mass is 399 g/mol. The molecule has 142 valence electrons. The topological polar surface area (TPSA) is 100 Å². The van der Waals surface area contributed by atoms with Crippen LogP contribution in [0.4, 0.5) is 15.9 Å². The van der Waals surface area contributed by atoms with Gasteiger partial charge in [0.2, 0.25) is 6.41 Å². The Bertz CT molecular complexity index is 1210. The minimum atomic E-state index is -0.531. The van der Waals surface area contributed by atoms with Crippen molar-refractivity contribution in [2.24, 2.45) is 0 Å². The average Bonchev–Trinajstić information content (AvgIpc) is 3.27. The average molecular weight is 400 g/mol. The van der Waals surface area contributed by atoms with Gasteiger partial charge in [0.05, 0.1) is 40.5 Å². The SMILES string of the molecule is O=CNc1cn2cc(-c3c(Cl)c(F)c(NC4CCC4)c4[nH]ncc34)ncc2n1. The maximum atomic E-state index is 15.2. The molecule has 4 aromatic rings. The fraction of sp³-hybridized carbons (Fsp3) is 0.222. The van der Waals surface area contributed by atoms with Crippen molar-refractivity contribution in [1.82, 2.24) is 24.6 Å². The number of anilines is 2. The highest BCUT2D eigenvalue weighted by Gasteiger charge is 2.25. The summed E-state index contributed by atoms with van der Waals surface area (Å²) < 4.78 is 16.8. The van der Waals surface area contributed by atoms with Crippen molar-refractivity contribution >= 4 is 46.1 Å². The summed E-state index contributed by atoms with van der Waals surface area (Å²) in [4.78, 5) is 19.2. The van der Waals surface area contributed by atoms with Crippen LogP contribution in [0, 0.1) is 5.82 Å². The van der Waals surface area contributed by atoms with Crippen LogP contribution in [0.2, 0.25) is 5.02 Å². The number of aromatic nitrogens is 5. The molecular formula is C18H15ClFN7O. The Kier molecular flexibility index (Phi) is 3.90. The van der Waals surface area contributed by atoms with Crippen LogP contribution in [0.15, 0.2) is 24.8 Å². The van der Waals surface area contributed by atoms with Gasteiger partial charge in [0, 0.05) is 23.2 Å². The first-order valence-electron chi connectivity index (χ1n) is 8.81. The first kappa shape index (κ1) is 16.9. The van der Waals surface area contributed by atoms with E-state index < -0.39 is 5.82 Å². The molecule has 1 saturated carbocycles. The Morgan fingerprint density at radius 2 is 2.18 bits per heavy atom. The largest absolute Gasteiger partial charge is 0.378 e. The van der Waals surface area contributed by atoms with Gasteiger partial charge in [-0.15, -0.1) is 0 Å². The molecular weight excluding hydrogens is 385 g/mol. The van der Waals surface area contributed by atoms with Crippen molar-refractivity contribution < 1.29 is 9.18 Å². The van der Waals surface area contributed by atoms with Gasteiger partial charge in [-0.3, -0.25) is 14.9 Å². The van der Waals surface area contributed by atoms with Gasteiger partial charge in [-0.25, -0.2) is 9.37 Å². The summed E-state index contributed by atoms with van der Waals surface area (Å²) in [5.41, 5.74) is 2.35. The lowest BCUT2D eigenvalue weighted by atomic mass is 9.92. The smallest absolute Gasteiger partial charge is 0.212 e. The molecule has 3 aromatic heterocycles. The van der Waals surface area contributed by atoms with Crippen LogP contribution < -0.4 is 10.6 Å². The first-order valence-corrected chi connectivity index (χ1v) is 9.19. The summed E-state index contributed by atoms with van der Waals surface area (Å²) >= 11 is 6.44. The molecule has 0 aliphatic heterocycles. The summed E-state index contributed by atoms with van der Waals surface area (Å²) in [6.07, 6.45) is 10.2. The second kappa shape index (κ2) is 6.45. The number of carbonyl (C=O) groups is 1. The van der Waals surface area contributed by atoms with Gasteiger partial charge in [0.15, 0.2) is 17.3 Å². The van der Waals surface area contributed by atoms with Gasteiger partial charge >= 0.3 is 0 Å². The highest BCUT2D eigenvalue weighted by Crippen LogP contribution is 2.41. The molecule has 0 bridgehead atoms. The first-order chi connectivity index (χ1) is 13.7. The van der Waals surface area contributed by atoms with Gasteiger partial charge in [0.1, 0.15) is 0 Å². The van der Waals surface area contributed by atoms with E-state index in [0.717, 1.165) is 19.3 Å². The van der Waals surface area contributed by atoms with Gasteiger partial charge in [-0.1, -0.05) is 11.6 Å². The van der Waals surface area contributed by atoms with E-state index in [0.29, 0.717) is 45.7 Å². The molecule has 28 heavy (non-hydrogen) atoms. The summed E-state index contributed by atoms with van der Waals surface area (Å²) in [6.45, 7) is 0. The number of hydrogen-bond donors (Lipinski definition) is 3. The minimum Gasteiger partial charge on any atom is -0.378 e. The van der Waals surface area contributed by atoms with E-state index in [1.165, 1.54) is 6.20 Å². The van der Waals surface area contributed by atoms with Crippen molar-refractivity contribution in [2.45, 2.75) is 25.3 Å². The lowest BCUT2D eigenvalue weighted by Crippen LogP contribution is -2.27. The zero-order valence-electron chi connectivity index (χ0n) is 14.5. The van der Waals surface area contributed by atoms with Crippen molar-refractivity contribution in [3.63, 3.8) is 0 Å². The van der Waals surface area contributed by atoms with Crippen molar-refractivity contribution in [3.05, 3.63) is 35.6 Å². The van der Waals surface area contributed by atoms with E-state index >= 15 is 4.39 Å². The Morgan fingerprint density at radius 1 is 1.32 bits per heavy atom. The normalized spacial score (nSPS) is 14.4. The van der Waals surface area contributed by atoms with Crippen LogP contribution in [0.1, 0.15) is 19.3 Å². The summed E-state index contributed by atoms with van der Waals surface area (Å²) in [5.74, 6) is -0.143. The molecule has 0 atom stereocenters. The maximum absolute atomic E-state index is 15.2. The number of carbonyl (C=O) groups excluding carboxylic acids is 1. The van der Waals surface area contributed by atoms with Crippen LogP contribution >= 0.6 is 11.6 Å². The second-order valence-corrected chi connectivity index (χ2v) is 7.11. The molecule has 1 aromatic carbocycles. The Morgan fingerprint density at radius 3 is 2.93 bits per heavy atom. The molecule has 8 nitrogen and oxygen atoms in total. The number of nitrogens with one attached hydrogen (secondary N) is 3. The Hall–Kier alpha value is -3.20. The third-order valence-corrected chi connectivity index (χ3v) is 5.40. The van der Waals surface area contributed by atoms with Crippen molar-refractivity contribution in [3.8, 4) is 11.3 Å². The fourth-order valence-electron chi connectivity index (χ4n) is 3.41. The van der Waals surface area contributed by atoms with Crippen molar-refractivity contribution in [2.75, 3.05) is 10.6 Å². The predicted octanol–water partition coefficient (Wildman–Crippen LogP) is 3.60. The molecule has 0 spiro atoms. The van der Waals surface area contributed by atoms with Crippen LogP contribution in [0.25, 0.3) is 27.8 Å². The highest BCUT2D eigenvalue weighted by atomic mass is 35.5. The van der Waals surface area contributed by atoms with E-state index in [-0.39, 0.29) is 11.1 Å². The van der Waals surface area contributed by atoms with Gasteiger partial charge in [-0.2, -0.15) is 5.10 Å². The van der Waals surface area contributed by atoms with Gasteiger partial charge in [-0.05, 0) is 19.3 Å². The van der Waals surface area contributed by atoms with E-state index in [4.69, 9.17) is 11.6 Å². The van der Waals surface area contributed by atoms with E-state index in [1.807, 2.05) is 0 Å². The summed E-state index contributed by atoms with van der Waals surface area (Å²) in [7, 11) is 0. The lowest BCUT2D eigenvalue weighted by Gasteiger charge is -2.28. The summed E-state index contributed by atoms with van der Waals surface area (Å²) in [6, 6.07) is 0.243. The molecule has 0 unspecified atom stereocenters.